The van der Waals surface area contributed by atoms with Crippen molar-refractivity contribution in [1.29, 1.82) is 5.26 Å². The minimum absolute atomic E-state index is 0.0213. The van der Waals surface area contributed by atoms with Gasteiger partial charge in [-0.2, -0.15) is 5.26 Å². The first-order chi connectivity index (χ1) is 8.20. The summed E-state index contributed by atoms with van der Waals surface area (Å²) in [5, 5.41) is 18.5. The van der Waals surface area contributed by atoms with Gasteiger partial charge in [0.2, 0.25) is 0 Å². The molecule has 0 fully saturated rings. The number of para-hydroxylation sites is 1. The van der Waals surface area contributed by atoms with Crippen LogP contribution >= 0.6 is 0 Å². The number of nitrogens with zero attached hydrogens (tertiary/aromatic N) is 1. The van der Waals surface area contributed by atoms with E-state index in [2.05, 4.69) is 0 Å². The average Bonchev–Trinajstić information content (AvgIpc) is 2.34. The van der Waals surface area contributed by atoms with Crippen molar-refractivity contribution in [1.82, 2.24) is 0 Å². The quantitative estimate of drug-likeness (QED) is 0.609. The maximum absolute atomic E-state index is 9.60. The molecule has 0 aromatic heterocycles. The molecule has 0 saturated carbocycles. The molecule has 3 N–H and O–H groups in total. The fourth-order valence-corrected chi connectivity index (χ4v) is 1.38. The molecule has 17 heavy (non-hydrogen) atoms. The van der Waals surface area contributed by atoms with Crippen molar-refractivity contribution in [2.24, 2.45) is 0 Å². The maximum Gasteiger partial charge on any atom is 0.171 e. The summed E-state index contributed by atoms with van der Waals surface area (Å²) in [5.41, 5.74) is 6.47. The Morgan fingerprint density at radius 2 is 1.88 bits per heavy atom. The molecule has 0 saturated heterocycles. The van der Waals surface area contributed by atoms with E-state index in [9.17, 15) is 5.11 Å². The summed E-state index contributed by atoms with van der Waals surface area (Å²) in [6, 6.07) is 13.3. The summed E-state index contributed by atoms with van der Waals surface area (Å²) in [5.74, 6) is 0.593. The van der Waals surface area contributed by atoms with Crippen molar-refractivity contribution < 1.29 is 9.84 Å². The van der Waals surface area contributed by atoms with Crippen LogP contribution in [0.1, 0.15) is 5.56 Å². The third kappa shape index (κ3) is 2.29. The zero-order valence-corrected chi connectivity index (χ0v) is 8.92. The Labute approximate surface area is 98.5 Å². The first-order valence-corrected chi connectivity index (χ1v) is 4.96. The Hall–Kier alpha value is -2.67. The molecule has 4 heteroatoms. The highest BCUT2D eigenvalue weighted by atomic mass is 16.5. The van der Waals surface area contributed by atoms with Crippen LogP contribution in [0, 0.1) is 11.3 Å². The van der Waals surface area contributed by atoms with Gasteiger partial charge in [-0.3, -0.25) is 0 Å². The molecule has 0 radical (unpaired) electrons. The minimum atomic E-state index is -0.0213. The molecular weight excluding hydrogens is 216 g/mol. The molecule has 0 aliphatic carbocycles. The van der Waals surface area contributed by atoms with Gasteiger partial charge in [0.25, 0.3) is 0 Å². The second kappa shape index (κ2) is 4.45. The lowest BCUT2D eigenvalue weighted by Gasteiger charge is -2.09. The molecule has 0 aliphatic heterocycles. The number of ether oxygens (including phenoxy) is 1. The molecule has 0 aliphatic rings. The minimum Gasteiger partial charge on any atom is -0.504 e. The largest absolute Gasteiger partial charge is 0.504 e. The molecule has 0 heterocycles. The Morgan fingerprint density at radius 3 is 2.65 bits per heavy atom. The Morgan fingerprint density at radius 1 is 1.12 bits per heavy atom. The molecule has 84 valence electrons. The van der Waals surface area contributed by atoms with Gasteiger partial charge in [0.05, 0.1) is 5.56 Å². The summed E-state index contributed by atoms with van der Waals surface area (Å²) < 4.78 is 5.46. The molecule has 2 aromatic carbocycles. The smallest absolute Gasteiger partial charge is 0.171 e. The van der Waals surface area contributed by atoms with E-state index in [1.54, 1.807) is 30.3 Å². The van der Waals surface area contributed by atoms with Crippen LogP contribution in [0.15, 0.2) is 42.5 Å². The first-order valence-electron chi connectivity index (χ1n) is 4.96. The normalized spacial score (nSPS) is 9.59. The number of nitrogens with two attached hydrogens (primary N) is 1. The van der Waals surface area contributed by atoms with Crippen molar-refractivity contribution in [3.63, 3.8) is 0 Å². The highest BCUT2D eigenvalue weighted by Gasteiger charge is 2.07. The topological polar surface area (TPSA) is 79.3 Å². The number of phenolic OH excluding ortho intramolecular Hbond substituents is 1. The Balaban J connectivity index is 2.38. The van der Waals surface area contributed by atoms with Gasteiger partial charge in [0.1, 0.15) is 11.8 Å². The van der Waals surface area contributed by atoms with Gasteiger partial charge in [-0.15, -0.1) is 0 Å². The fraction of sp³-hybridized carbons (Fsp3) is 0. The summed E-state index contributed by atoms with van der Waals surface area (Å²) >= 11 is 0. The van der Waals surface area contributed by atoms with Gasteiger partial charge in [0.15, 0.2) is 11.5 Å². The van der Waals surface area contributed by atoms with Gasteiger partial charge in [-0.05, 0) is 24.3 Å². The fourth-order valence-electron chi connectivity index (χ4n) is 1.38. The zero-order chi connectivity index (χ0) is 12.3. The SMILES string of the molecule is N#Cc1ccccc1Oc1cc(N)ccc1O. The summed E-state index contributed by atoms with van der Waals surface area (Å²) in [6.45, 7) is 0. The van der Waals surface area contributed by atoms with Crippen molar-refractivity contribution in [3.8, 4) is 23.3 Å². The molecule has 2 aromatic rings. The number of aromatic hydroxyl groups is 1. The summed E-state index contributed by atoms with van der Waals surface area (Å²) in [7, 11) is 0. The Kier molecular flexibility index (Phi) is 2.84. The molecule has 0 unspecified atom stereocenters. The number of phenols is 1. The maximum atomic E-state index is 9.60. The van der Waals surface area contributed by atoms with E-state index in [-0.39, 0.29) is 11.5 Å². The summed E-state index contributed by atoms with van der Waals surface area (Å²) in [6.07, 6.45) is 0. The molecule has 0 spiro atoms. The lowest BCUT2D eigenvalue weighted by molar-refractivity contribution is 0.411. The number of benzene rings is 2. The van der Waals surface area contributed by atoms with Crippen LogP contribution in [0.4, 0.5) is 5.69 Å². The molecule has 0 amide bonds. The van der Waals surface area contributed by atoms with Gasteiger partial charge >= 0.3 is 0 Å². The van der Waals surface area contributed by atoms with Crippen molar-refractivity contribution >= 4 is 5.69 Å². The highest BCUT2D eigenvalue weighted by Crippen LogP contribution is 2.33. The molecular formula is C13H10N2O2. The van der Waals surface area contributed by atoms with Gasteiger partial charge in [0, 0.05) is 11.8 Å². The van der Waals surface area contributed by atoms with E-state index in [0.29, 0.717) is 17.0 Å². The predicted molar refractivity (Wildman–Crippen MR) is 63.8 cm³/mol. The number of rotatable bonds is 2. The predicted octanol–water partition coefficient (Wildman–Crippen LogP) is 2.64. The molecule has 2 rings (SSSR count). The van der Waals surface area contributed by atoms with E-state index in [4.69, 9.17) is 15.7 Å². The monoisotopic (exact) mass is 226 g/mol. The standard InChI is InChI=1S/C13H10N2O2/c14-8-9-3-1-2-4-12(9)17-13-7-10(15)5-6-11(13)16/h1-7,16H,15H2. The van der Waals surface area contributed by atoms with Crippen LogP contribution in [0.2, 0.25) is 0 Å². The number of anilines is 1. The van der Waals surface area contributed by atoms with Crippen LogP contribution in [-0.2, 0) is 0 Å². The molecule has 0 atom stereocenters. The van der Waals surface area contributed by atoms with Crippen molar-refractivity contribution in [3.05, 3.63) is 48.0 Å². The van der Waals surface area contributed by atoms with Crippen LogP contribution in [0.5, 0.6) is 17.2 Å². The number of nitriles is 1. The van der Waals surface area contributed by atoms with Crippen molar-refractivity contribution in [2.45, 2.75) is 0 Å². The number of hydrogen-bond donors (Lipinski definition) is 2. The van der Waals surface area contributed by atoms with E-state index in [1.807, 2.05) is 6.07 Å². The number of hydrogen-bond acceptors (Lipinski definition) is 4. The second-order valence-electron chi connectivity index (χ2n) is 3.44. The molecule has 0 bridgehead atoms. The van der Waals surface area contributed by atoms with Gasteiger partial charge in [-0.25, -0.2) is 0 Å². The van der Waals surface area contributed by atoms with E-state index in [0.717, 1.165) is 0 Å². The average molecular weight is 226 g/mol. The summed E-state index contributed by atoms with van der Waals surface area (Å²) in [4.78, 5) is 0. The lowest BCUT2D eigenvalue weighted by Crippen LogP contribution is -1.90. The van der Waals surface area contributed by atoms with E-state index < -0.39 is 0 Å². The van der Waals surface area contributed by atoms with Crippen LogP contribution in [0.3, 0.4) is 0 Å². The second-order valence-corrected chi connectivity index (χ2v) is 3.44. The van der Waals surface area contributed by atoms with Crippen LogP contribution in [0.25, 0.3) is 0 Å². The number of nitrogen functional groups attached to an aromatic ring is 1. The zero-order valence-electron chi connectivity index (χ0n) is 8.92. The third-order valence-corrected chi connectivity index (χ3v) is 2.21. The first kappa shape index (κ1) is 10.8. The Bertz CT molecular complexity index is 588. The third-order valence-electron chi connectivity index (χ3n) is 2.21. The van der Waals surface area contributed by atoms with Crippen molar-refractivity contribution in [2.75, 3.05) is 5.73 Å². The van der Waals surface area contributed by atoms with Crippen LogP contribution < -0.4 is 10.5 Å². The highest BCUT2D eigenvalue weighted by molar-refractivity contribution is 5.54. The van der Waals surface area contributed by atoms with Gasteiger partial charge < -0.3 is 15.6 Å². The van der Waals surface area contributed by atoms with Gasteiger partial charge in [-0.1, -0.05) is 12.1 Å². The van der Waals surface area contributed by atoms with E-state index in [1.165, 1.54) is 12.1 Å². The molecule has 4 nitrogen and oxygen atoms in total. The van der Waals surface area contributed by atoms with E-state index >= 15 is 0 Å². The lowest BCUT2D eigenvalue weighted by atomic mass is 10.2. The van der Waals surface area contributed by atoms with Crippen LogP contribution in [-0.4, -0.2) is 5.11 Å².